The van der Waals surface area contributed by atoms with Crippen molar-refractivity contribution < 1.29 is 33.8 Å². The number of piperazine rings is 1. The number of hydrogen-bond acceptors (Lipinski definition) is 9. The monoisotopic (exact) mass is 811 g/mol. The third kappa shape index (κ3) is 7.67. The smallest absolute Gasteiger partial charge is 0.310 e. The van der Waals surface area contributed by atoms with Crippen molar-refractivity contribution >= 4 is 44.8 Å². The van der Waals surface area contributed by atoms with Crippen LogP contribution in [-0.2, 0) is 24.4 Å². The lowest BCUT2D eigenvalue weighted by Gasteiger charge is -2.40. The number of carbonyl (C=O) groups is 2. The lowest BCUT2D eigenvalue weighted by molar-refractivity contribution is -0.116. The Balaban J connectivity index is 1.07. The van der Waals surface area contributed by atoms with E-state index in [0.29, 0.717) is 29.0 Å². The van der Waals surface area contributed by atoms with Crippen LogP contribution in [0, 0.1) is 18.8 Å². The fraction of sp³-hybridized carbons (Fsp3) is 0.342. The van der Waals surface area contributed by atoms with Gasteiger partial charge in [-0.25, -0.2) is 9.97 Å². The van der Waals surface area contributed by atoms with Gasteiger partial charge < -0.3 is 24.4 Å². The summed E-state index contributed by atoms with van der Waals surface area (Å²) in [7, 11) is -9.91. The molecular formula is C38H38F5N9O4S. The van der Waals surface area contributed by atoms with Crippen LogP contribution < -0.4 is 20.5 Å². The molecule has 300 valence electrons. The Hall–Kier alpha value is -5.85. The Kier molecular flexibility index (Phi) is 8.93. The van der Waals surface area contributed by atoms with Crippen molar-refractivity contribution in [2.75, 3.05) is 36.4 Å². The second-order valence-electron chi connectivity index (χ2n) is 14.5. The first-order valence-corrected chi connectivity index (χ1v) is 20.3. The van der Waals surface area contributed by atoms with E-state index in [1.54, 1.807) is 23.3 Å². The summed E-state index contributed by atoms with van der Waals surface area (Å²) < 4.78 is 75.3. The average Bonchev–Trinajstić information content (AvgIpc) is 3.53. The van der Waals surface area contributed by atoms with Crippen LogP contribution in [-0.4, -0.2) is 72.0 Å². The molecule has 2 aromatic carbocycles. The summed E-state index contributed by atoms with van der Waals surface area (Å²) in [5.74, 6) is 0.634. The molecule has 3 aromatic heterocycles. The van der Waals surface area contributed by atoms with Crippen molar-refractivity contribution in [1.29, 1.82) is 0 Å². The summed E-state index contributed by atoms with van der Waals surface area (Å²) in [5, 5.41) is 7.07. The first-order chi connectivity index (χ1) is 27.0. The first kappa shape index (κ1) is 38.0. The summed E-state index contributed by atoms with van der Waals surface area (Å²) in [5.41, 5.74) is 2.54. The lowest BCUT2D eigenvalue weighted by Crippen LogP contribution is -2.51. The SMILES string of the molecule is CCc1c(N2CCN(C(=O)c3ncnc(C)c3OCc3ccccc3)CC2)c(=O)n2nc(C3=CC4CC4C3)nc2n1CC(=O)Nc1ccc(S(F)(F)(F)(F)F)cc1. The predicted octanol–water partition coefficient (Wildman–Crippen LogP) is 6.81. The minimum Gasteiger partial charge on any atom is -0.485 e. The molecule has 13 nitrogen and oxygen atoms in total. The summed E-state index contributed by atoms with van der Waals surface area (Å²) >= 11 is 0. The molecule has 2 fully saturated rings. The van der Waals surface area contributed by atoms with Gasteiger partial charge >= 0.3 is 10.2 Å². The number of benzene rings is 2. The van der Waals surface area contributed by atoms with Gasteiger partial charge in [-0.05, 0) is 73.4 Å². The van der Waals surface area contributed by atoms with E-state index in [2.05, 4.69) is 26.5 Å². The van der Waals surface area contributed by atoms with Crippen LogP contribution in [0.3, 0.4) is 0 Å². The zero-order chi connectivity index (χ0) is 40.3. The molecule has 0 radical (unpaired) electrons. The number of allylic oxidation sites excluding steroid dienone is 2. The van der Waals surface area contributed by atoms with Crippen LogP contribution >= 0.6 is 10.2 Å². The molecule has 1 aliphatic heterocycles. The molecule has 2 atom stereocenters. The summed E-state index contributed by atoms with van der Waals surface area (Å²) in [6, 6.07) is 11.4. The molecule has 2 aliphatic carbocycles. The number of ether oxygens (including phenoxy) is 1. The number of nitrogens with zero attached hydrogens (tertiary/aromatic N) is 8. The van der Waals surface area contributed by atoms with Gasteiger partial charge in [-0.2, -0.15) is 9.50 Å². The maximum absolute atomic E-state index is 14.3. The highest BCUT2D eigenvalue weighted by atomic mass is 32.5. The summed E-state index contributed by atoms with van der Waals surface area (Å²) in [4.78, 5) is 56.3. The summed E-state index contributed by atoms with van der Waals surface area (Å²) in [6.45, 7) is 4.24. The predicted molar refractivity (Wildman–Crippen MR) is 203 cm³/mol. The Morgan fingerprint density at radius 3 is 2.33 bits per heavy atom. The zero-order valence-electron chi connectivity index (χ0n) is 30.9. The van der Waals surface area contributed by atoms with Gasteiger partial charge in [0.1, 0.15) is 30.1 Å². The van der Waals surface area contributed by atoms with E-state index < -0.39 is 33.1 Å². The molecular weight excluding hydrogens is 774 g/mol. The van der Waals surface area contributed by atoms with E-state index in [-0.39, 0.29) is 85.8 Å². The fourth-order valence-corrected chi connectivity index (χ4v) is 8.14. The standard InChI is InChI=1S/C38H38F5N9O4S/c1-3-30-33(49-13-15-50(16-14-49)36(54)32-34(23(2)44-22-45-32)56-21-24-7-5-4-6-8-24)37(55)52-38(47-35(48-52)27-18-25-17-26(25)19-27)51(30)20-31(53)46-28-9-11-29(12-10-28)57(39,40,41,42)43/h4-12,18,22,25-26H,3,13-17,19-21H2,1-2H3,(H,46,53). The molecule has 0 bridgehead atoms. The van der Waals surface area contributed by atoms with E-state index in [1.165, 1.54) is 6.33 Å². The molecule has 19 heteroatoms. The first-order valence-electron chi connectivity index (χ1n) is 18.4. The van der Waals surface area contributed by atoms with Crippen molar-refractivity contribution in [3.8, 4) is 5.75 Å². The van der Waals surface area contributed by atoms with Crippen LogP contribution in [0.4, 0.5) is 30.8 Å². The number of aryl methyl sites for hydroxylation is 1. The average molecular weight is 812 g/mol. The van der Waals surface area contributed by atoms with Gasteiger partial charge in [0.25, 0.3) is 11.5 Å². The molecule has 1 saturated carbocycles. The molecule has 8 rings (SSSR count). The third-order valence-corrected chi connectivity index (χ3v) is 11.7. The van der Waals surface area contributed by atoms with E-state index >= 15 is 0 Å². The lowest BCUT2D eigenvalue weighted by atomic mass is 10.2. The highest BCUT2D eigenvalue weighted by molar-refractivity contribution is 8.45. The highest BCUT2D eigenvalue weighted by Crippen LogP contribution is 3.02. The maximum atomic E-state index is 14.3. The van der Waals surface area contributed by atoms with Gasteiger partial charge in [0.2, 0.25) is 11.7 Å². The third-order valence-electron chi connectivity index (χ3n) is 10.5. The number of carbonyl (C=O) groups excluding carboxylic acids is 2. The topological polar surface area (TPSA) is 140 Å². The van der Waals surface area contributed by atoms with Gasteiger partial charge in [-0.15, -0.1) is 5.10 Å². The fourth-order valence-electron chi connectivity index (χ4n) is 7.49. The number of nitrogens with one attached hydrogen (secondary N) is 1. The molecule has 1 saturated heterocycles. The zero-order valence-corrected chi connectivity index (χ0v) is 31.7. The van der Waals surface area contributed by atoms with Crippen molar-refractivity contribution in [2.24, 2.45) is 11.8 Å². The van der Waals surface area contributed by atoms with E-state index in [1.807, 2.05) is 35.2 Å². The second kappa shape index (κ2) is 13.4. The van der Waals surface area contributed by atoms with E-state index in [4.69, 9.17) is 9.72 Å². The number of hydrogen-bond donors (Lipinski definition) is 1. The number of anilines is 2. The van der Waals surface area contributed by atoms with Gasteiger partial charge in [-0.1, -0.05) is 62.8 Å². The van der Waals surface area contributed by atoms with E-state index in [0.717, 1.165) is 40.6 Å². The van der Waals surface area contributed by atoms with Gasteiger partial charge in [0.15, 0.2) is 17.3 Å². The minimum atomic E-state index is -9.91. The molecule has 3 aliphatic rings. The van der Waals surface area contributed by atoms with Crippen LogP contribution in [0.1, 0.15) is 53.0 Å². The Morgan fingerprint density at radius 1 is 0.965 bits per heavy atom. The van der Waals surface area contributed by atoms with Crippen LogP contribution in [0.15, 0.2) is 76.7 Å². The molecule has 2 unspecified atom stereocenters. The molecule has 2 amide bonds. The molecule has 5 aromatic rings. The minimum absolute atomic E-state index is 0.0967. The second-order valence-corrected chi connectivity index (χ2v) is 16.9. The van der Waals surface area contributed by atoms with Crippen molar-refractivity contribution in [2.45, 2.75) is 51.2 Å². The summed E-state index contributed by atoms with van der Waals surface area (Å²) in [6.07, 6.45) is 5.53. The molecule has 0 spiro atoms. The number of fused-ring (bicyclic) bond motifs is 2. The Morgan fingerprint density at radius 2 is 1.68 bits per heavy atom. The van der Waals surface area contributed by atoms with Gasteiger partial charge in [0.05, 0.1) is 11.4 Å². The largest absolute Gasteiger partial charge is 0.485 e. The molecule has 57 heavy (non-hydrogen) atoms. The number of rotatable bonds is 11. The van der Waals surface area contributed by atoms with Crippen LogP contribution in [0.5, 0.6) is 5.75 Å². The Bertz CT molecular complexity index is 2510. The molecule has 1 N–H and O–H groups in total. The number of amides is 2. The van der Waals surface area contributed by atoms with Gasteiger partial charge in [0, 0.05) is 31.9 Å². The molecule has 4 heterocycles. The Labute approximate surface area is 322 Å². The van der Waals surface area contributed by atoms with Crippen LogP contribution in [0.2, 0.25) is 0 Å². The van der Waals surface area contributed by atoms with Crippen molar-refractivity contribution in [1.82, 2.24) is 34.0 Å². The van der Waals surface area contributed by atoms with E-state index in [9.17, 15) is 33.8 Å². The maximum Gasteiger partial charge on any atom is 0.310 e. The van der Waals surface area contributed by atoms with Gasteiger partial charge in [-0.3, -0.25) is 14.4 Å². The van der Waals surface area contributed by atoms with Crippen molar-refractivity contribution in [3.05, 3.63) is 106 Å². The van der Waals surface area contributed by atoms with Crippen LogP contribution in [0.25, 0.3) is 11.4 Å². The number of aromatic nitrogens is 6. The highest BCUT2D eigenvalue weighted by Gasteiger charge is 2.65. The normalized spacial score (nSPS) is 19.1. The number of halogens is 5. The van der Waals surface area contributed by atoms with Crippen molar-refractivity contribution in [3.63, 3.8) is 0 Å². The quantitative estimate of drug-likeness (QED) is 0.143.